The molecule has 2 aromatic carbocycles. The van der Waals surface area contributed by atoms with E-state index in [4.69, 9.17) is 0 Å². The molecular weight excluding hydrogens is 354 g/mol. The zero-order valence-corrected chi connectivity index (χ0v) is 15.4. The molecule has 0 spiro atoms. The van der Waals surface area contributed by atoms with E-state index < -0.39 is 27.8 Å². The quantitative estimate of drug-likeness (QED) is 0.800. The highest BCUT2D eigenvalue weighted by atomic mass is 32.2. The van der Waals surface area contributed by atoms with Crippen LogP contribution in [0.3, 0.4) is 0 Å². The molecule has 6 nitrogen and oxygen atoms in total. The minimum absolute atomic E-state index is 0.0796. The predicted molar refractivity (Wildman–Crippen MR) is 97.3 cm³/mol. The van der Waals surface area contributed by atoms with Crippen molar-refractivity contribution in [3.63, 3.8) is 0 Å². The lowest BCUT2D eigenvalue weighted by Crippen LogP contribution is -2.43. The summed E-state index contributed by atoms with van der Waals surface area (Å²) in [5, 5.41) is 9.34. The van der Waals surface area contributed by atoms with Crippen molar-refractivity contribution in [2.45, 2.75) is 30.8 Å². The van der Waals surface area contributed by atoms with E-state index in [2.05, 4.69) is 0 Å². The van der Waals surface area contributed by atoms with Crippen LogP contribution in [-0.4, -0.2) is 42.6 Å². The van der Waals surface area contributed by atoms with E-state index in [1.807, 2.05) is 18.2 Å². The van der Waals surface area contributed by atoms with Gasteiger partial charge in [-0.3, -0.25) is 4.79 Å². The average Bonchev–Trinajstić information content (AvgIpc) is 2.59. The van der Waals surface area contributed by atoms with Crippen LogP contribution in [0.4, 0.5) is 0 Å². The smallest absolute Gasteiger partial charge is 0.326 e. The van der Waals surface area contributed by atoms with Gasteiger partial charge in [0, 0.05) is 12.8 Å². The van der Waals surface area contributed by atoms with E-state index >= 15 is 0 Å². The SMILES string of the molecule is CC(C(=O)O)N(Cc1ccccc1)C(=O)Cc1ccccc1S(C)(=O)=O. The Balaban J connectivity index is 2.32. The maximum Gasteiger partial charge on any atom is 0.326 e. The molecule has 1 atom stereocenters. The van der Waals surface area contributed by atoms with E-state index in [1.165, 1.54) is 17.9 Å². The minimum Gasteiger partial charge on any atom is -0.480 e. The topological polar surface area (TPSA) is 91.8 Å². The van der Waals surface area contributed by atoms with Gasteiger partial charge in [-0.15, -0.1) is 0 Å². The molecule has 0 saturated carbocycles. The van der Waals surface area contributed by atoms with Gasteiger partial charge >= 0.3 is 5.97 Å². The molecule has 0 saturated heterocycles. The van der Waals surface area contributed by atoms with Crippen LogP contribution in [0.1, 0.15) is 18.1 Å². The second kappa shape index (κ2) is 8.14. The molecule has 1 amide bonds. The summed E-state index contributed by atoms with van der Waals surface area (Å²) in [6.45, 7) is 1.57. The molecule has 0 aliphatic rings. The summed E-state index contributed by atoms with van der Waals surface area (Å²) in [6, 6.07) is 14.3. The summed E-state index contributed by atoms with van der Waals surface area (Å²) in [6.07, 6.45) is 0.894. The summed E-state index contributed by atoms with van der Waals surface area (Å²) in [7, 11) is -3.49. The molecule has 138 valence electrons. The number of sulfone groups is 1. The van der Waals surface area contributed by atoms with Crippen LogP contribution in [0.25, 0.3) is 0 Å². The second-order valence-corrected chi connectivity index (χ2v) is 8.06. The van der Waals surface area contributed by atoms with Crippen LogP contribution >= 0.6 is 0 Å². The Hall–Kier alpha value is -2.67. The van der Waals surface area contributed by atoms with Crippen LogP contribution in [0.2, 0.25) is 0 Å². The number of hydrogen-bond donors (Lipinski definition) is 1. The van der Waals surface area contributed by atoms with E-state index in [9.17, 15) is 23.1 Å². The number of nitrogens with zero attached hydrogens (tertiary/aromatic N) is 1. The standard InChI is InChI=1S/C19H21NO5S/c1-14(19(22)23)20(13-15-8-4-3-5-9-15)18(21)12-16-10-6-7-11-17(16)26(2,24)25/h3-11,14H,12-13H2,1-2H3,(H,22,23). The first-order chi connectivity index (χ1) is 12.2. The Kier molecular flexibility index (Phi) is 6.15. The third-order valence-electron chi connectivity index (χ3n) is 4.05. The lowest BCUT2D eigenvalue weighted by Gasteiger charge is -2.27. The molecule has 0 radical (unpaired) electrons. The summed E-state index contributed by atoms with van der Waals surface area (Å²) >= 11 is 0. The Bertz CT molecular complexity index is 893. The molecule has 0 aliphatic carbocycles. The summed E-state index contributed by atoms with van der Waals surface area (Å²) < 4.78 is 23.8. The van der Waals surface area contributed by atoms with Crippen LogP contribution < -0.4 is 0 Å². The van der Waals surface area contributed by atoms with Crippen molar-refractivity contribution >= 4 is 21.7 Å². The van der Waals surface area contributed by atoms with Crippen molar-refractivity contribution in [2.24, 2.45) is 0 Å². The molecule has 1 unspecified atom stereocenters. The summed E-state index contributed by atoms with van der Waals surface area (Å²) in [5.41, 5.74) is 1.15. The molecule has 26 heavy (non-hydrogen) atoms. The van der Waals surface area contributed by atoms with Gasteiger partial charge in [-0.25, -0.2) is 13.2 Å². The number of carbonyl (C=O) groups is 2. The normalized spacial score (nSPS) is 12.4. The lowest BCUT2D eigenvalue weighted by atomic mass is 10.1. The highest BCUT2D eigenvalue weighted by molar-refractivity contribution is 7.90. The fraction of sp³-hybridized carbons (Fsp3) is 0.263. The van der Waals surface area contributed by atoms with Gasteiger partial charge in [-0.1, -0.05) is 48.5 Å². The van der Waals surface area contributed by atoms with Gasteiger partial charge in [0.1, 0.15) is 6.04 Å². The maximum atomic E-state index is 12.8. The molecule has 0 heterocycles. The van der Waals surface area contributed by atoms with Crippen molar-refractivity contribution in [1.29, 1.82) is 0 Å². The van der Waals surface area contributed by atoms with Gasteiger partial charge in [0.15, 0.2) is 9.84 Å². The van der Waals surface area contributed by atoms with Crippen molar-refractivity contribution in [3.05, 3.63) is 65.7 Å². The zero-order valence-electron chi connectivity index (χ0n) is 14.6. The molecule has 7 heteroatoms. The molecule has 2 rings (SSSR count). The summed E-state index contributed by atoms with van der Waals surface area (Å²) in [5.74, 6) is -1.56. The lowest BCUT2D eigenvalue weighted by molar-refractivity contribution is -0.149. The fourth-order valence-corrected chi connectivity index (χ4v) is 3.57. The number of aliphatic carboxylic acids is 1. The number of hydrogen-bond acceptors (Lipinski definition) is 4. The monoisotopic (exact) mass is 375 g/mol. The van der Waals surface area contributed by atoms with E-state index in [0.29, 0.717) is 5.56 Å². The van der Waals surface area contributed by atoms with Crippen molar-refractivity contribution in [2.75, 3.05) is 6.26 Å². The number of rotatable bonds is 7. The second-order valence-electron chi connectivity index (χ2n) is 6.08. The van der Waals surface area contributed by atoms with Crippen molar-refractivity contribution < 1.29 is 23.1 Å². The first-order valence-corrected chi connectivity index (χ1v) is 9.93. The van der Waals surface area contributed by atoms with E-state index in [1.54, 1.807) is 30.3 Å². The fourth-order valence-electron chi connectivity index (χ4n) is 2.63. The van der Waals surface area contributed by atoms with Gasteiger partial charge in [0.05, 0.1) is 11.3 Å². The van der Waals surface area contributed by atoms with Gasteiger partial charge in [0.2, 0.25) is 5.91 Å². The number of carbonyl (C=O) groups excluding carboxylic acids is 1. The number of amides is 1. The molecule has 0 fully saturated rings. The van der Waals surface area contributed by atoms with E-state index in [0.717, 1.165) is 11.8 Å². The average molecular weight is 375 g/mol. The maximum absolute atomic E-state index is 12.8. The Labute approximate surface area is 153 Å². The molecule has 1 N–H and O–H groups in total. The van der Waals surface area contributed by atoms with Crippen LogP contribution in [0.5, 0.6) is 0 Å². The number of carboxylic acid groups (broad SMARTS) is 1. The largest absolute Gasteiger partial charge is 0.480 e. The predicted octanol–water partition coefficient (Wildman–Crippen LogP) is 2.13. The molecule has 0 aromatic heterocycles. The first-order valence-electron chi connectivity index (χ1n) is 8.04. The van der Waals surface area contributed by atoms with Gasteiger partial charge in [-0.05, 0) is 24.1 Å². The van der Waals surface area contributed by atoms with E-state index in [-0.39, 0.29) is 17.9 Å². The first kappa shape index (κ1) is 19.7. The minimum atomic E-state index is -3.49. The van der Waals surface area contributed by atoms with Crippen LogP contribution in [-0.2, 0) is 32.4 Å². The number of benzene rings is 2. The van der Waals surface area contributed by atoms with Crippen molar-refractivity contribution in [1.82, 2.24) is 4.90 Å². The Morgan fingerprint density at radius 2 is 1.62 bits per heavy atom. The Morgan fingerprint density at radius 3 is 2.19 bits per heavy atom. The van der Waals surface area contributed by atoms with Crippen molar-refractivity contribution in [3.8, 4) is 0 Å². The van der Waals surface area contributed by atoms with Gasteiger partial charge in [-0.2, -0.15) is 0 Å². The van der Waals surface area contributed by atoms with Crippen LogP contribution in [0.15, 0.2) is 59.5 Å². The van der Waals surface area contributed by atoms with Gasteiger partial charge in [0.25, 0.3) is 0 Å². The van der Waals surface area contributed by atoms with Gasteiger partial charge < -0.3 is 10.0 Å². The third-order valence-corrected chi connectivity index (χ3v) is 5.25. The molecular formula is C19H21NO5S. The molecule has 0 aliphatic heterocycles. The highest BCUT2D eigenvalue weighted by Crippen LogP contribution is 2.18. The van der Waals surface area contributed by atoms with Crippen LogP contribution in [0, 0.1) is 0 Å². The Morgan fingerprint density at radius 1 is 1.04 bits per heavy atom. The highest BCUT2D eigenvalue weighted by Gasteiger charge is 2.27. The molecule has 0 bridgehead atoms. The third kappa shape index (κ3) is 4.92. The summed E-state index contributed by atoms with van der Waals surface area (Å²) in [4.78, 5) is 25.6. The number of carboxylic acids is 1. The molecule has 2 aromatic rings. The zero-order chi connectivity index (χ0) is 19.3.